The third-order valence-electron chi connectivity index (χ3n) is 4.80. The molecule has 1 aliphatic rings. The maximum atomic E-state index is 12.9. The van der Waals surface area contributed by atoms with Crippen molar-refractivity contribution in [3.8, 4) is 5.75 Å². The van der Waals surface area contributed by atoms with E-state index in [2.05, 4.69) is 5.32 Å². The summed E-state index contributed by atoms with van der Waals surface area (Å²) in [5.41, 5.74) is 2.37. The van der Waals surface area contributed by atoms with Crippen molar-refractivity contribution >= 4 is 46.4 Å². The molecule has 152 valence electrons. The highest BCUT2D eigenvalue weighted by Gasteiger charge is 2.32. The summed E-state index contributed by atoms with van der Waals surface area (Å²) in [7, 11) is 0. The van der Waals surface area contributed by atoms with Crippen molar-refractivity contribution in [3.63, 3.8) is 0 Å². The lowest BCUT2D eigenvalue weighted by Crippen LogP contribution is -2.44. The van der Waals surface area contributed by atoms with E-state index >= 15 is 0 Å². The monoisotopic (exact) mass is 440 g/mol. The average Bonchev–Trinajstić information content (AvgIpc) is 2.73. The van der Waals surface area contributed by atoms with Gasteiger partial charge in [0.05, 0.1) is 12.2 Å². The van der Waals surface area contributed by atoms with Crippen LogP contribution in [0.5, 0.6) is 5.75 Å². The van der Waals surface area contributed by atoms with Gasteiger partial charge in [-0.25, -0.2) is 0 Å². The lowest BCUT2D eigenvalue weighted by Gasteiger charge is -2.33. The molecular formula is C23H18Cl2N2O3. The Hall–Kier alpha value is -3.02. The maximum absolute atomic E-state index is 12.9. The SMILES string of the molecule is CC1Oc2ccc(NC(=O)c3cccc(Cl)c3)cc2N(Cc2ccccc2Cl)C1=O. The van der Waals surface area contributed by atoms with Crippen LogP contribution in [0.3, 0.4) is 0 Å². The number of rotatable bonds is 4. The molecule has 1 atom stereocenters. The van der Waals surface area contributed by atoms with Gasteiger partial charge >= 0.3 is 0 Å². The summed E-state index contributed by atoms with van der Waals surface area (Å²) >= 11 is 12.3. The van der Waals surface area contributed by atoms with Gasteiger partial charge in [-0.05, 0) is 55.0 Å². The second-order valence-corrected chi connectivity index (χ2v) is 7.77. The molecule has 3 aromatic rings. The fourth-order valence-electron chi connectivity index (χ4n) is 3.28. The molecule has 0 bridgehead atoms. The van der Waals surface area contributed by atoms with Crippen LogP contribution in [-0.2, 0) is 11.3 Å². The van der Waals surface area contributed by atoms with Crippen molar-refractivity contribution in [2.75, 3.05) is 10.2 Å². The first-order valence-electron chi connectivity index (χ1n) is 9.35. The molecule has 7 heteroatoms. The van der Waals surface area contributed by atoms with Gasteiger partial charge in [-0.1, -0.05) is 47.5 Å². The molecule has 1 N–H and O–H groups in total. The van der Waals surface area contributed by atoms with E-state index in [0.717, 1.165) is 5.56 Å². The number of fused-ring (bicyclic) bond motifs is 1. The standard InChI is InChI=1S/C23H18Cl2N2O3/c1-14-23(29)27(13-16-5-2-3-8-19(16)25)20-12-18(9-10-21(20)30-14)26-22(28)15-6-4-7-17(24)11-15/h2-12,14H,13H2,1H3,(H,26,28). The molecule has 1 aliphatic heterocycles. The molecule has 0 fully saturated rings. The number of anilines is 2. The van der Waals surface area contributed by atoms with Crippen LogP contribution in [0.25, 0.3) is 0 Å². The minimum Gasteiger partial charge on any atom is -0.479 e. The minimum atomic E-state index is -0.619. The Balaban J connectivity index is 1.65. The summed E-state index contributed by atoms with van der Waals surface area (Å²) < 4.78 is 5.75. The van der Waals surface area contributed by atoms with Gasteiger partial charge in [-0.15, -0.1) is 0 Å². The molecule has 1 heterocycles. The number of nitrogens with one attached hydrogen (secondary N) is 1. The second kappa shape index (κ2) is 8.38. The lowest BCUT2D eigenvalue weighted by molar-refractivity contribution is -0.125. The van der Waals surface area contributed by atoms with Crippen molar-refractivity contribution in [1.29, 1.82) is 0 Å². The van der Waals surface area contributed by atoms with E-state index in [0.29, 0.717) is 39.3 Å². The van der Waals surface area contributed by atoms with E-state index in [1.807, 2.05) is 18.2 Å². The molecule has 0 aliphatic carbocycles. The van der Waals surface area contributed by atoms with Crippen molar-refractivity contribution in [2.24, 2.45) is 0 Å². The lowest BCUT2D eigenvalue weighted by atomic mass is 10.1. The van der Waals surface area contributed by atoms with Gasteiger partial charge < -0.3 is 15.0 Å². The molecule has 1 unspecified atom stereocenters. The summed E-state index contributed by atoms with van der Waals surface area (Å²) in [6.07, 6.45) is -0.619. The Kier molecular flexibility index (Phi) is 5.66. The highest BCUT2D eigenvalue weighted by Crippen LogP contribution is 2.38. The zero-order chi connectivity index (χ0) is 21.3. The van der Waals surface area contributed by atoms with Gasteiger partial charge in [-0.3, -0.25) is 9.59 Å². The highest BCUT2D eigenvalue weighted by atomic mass is 35.5. The Morgan fingerprint density at radius 3 is 2.63 bits per heavy atom. The van der Waals surface area contributed by atoms with Crippen LogP contribution in [-0.4, -0.2) is 17.9 Å². The van der Waals surface area contributed by atoms with Crippen LogP contribution < -0.4 is 15.0 Å². The van der Waals surface area contributed by atoms with Crippen LogP contribution in [0.15, 0.2) is 66.7 Å². The van der Waals surface area contributed by atoms with E-state index < -0.39 is 6.10 Å². The quantitative estimate of drug-likeness (QED) is 0.577. The number of benzene rings is 3. The largest absolute Gasteiger partial charge is 0.479 e. The molecular weight excluding hydrogens is 423 g/mol. The minimum absolute atomic E-state index is 0.180. The van der Waals surface area contributed by atoms with Gasteiger partial charge in [0.2, 0.25) is 0 Å². The zero-order valence-electron chi connectivity index (χ0n) is 16.1. The molecule has 0 radical (unpaired) electrons. The van der Waals surface area contributed by atoms with Gasteiger partial charge in [0.1, 0.15) is 5.75 Å². The summed E-state index contributed by atoms with van der Waals surface area (Å²) in [6.45, 7) is 2.00. The summed E-state index contributed by atoms with van der Waals surface area (Å²) in [5, 5.41) is 3.90. The van der Waals surface area contributed by atoms with Gasteiger partial charge in [-0.2, -0.15) is 0 Å². The smallest absolute Gasteiger partial charge is 0.268 e. The number of hydrogen-bond donors (Lipinski definition) is 1. The van der Waals surface area contributed by atoms with Crippen LogP contribution in [0.2, 0.25) is 10.0 Å². The third-order valence-corrected chi connectivity index (χ3v) is 5.40. The predicted molar refractivity (Wildman–Crippen MR) is 119 cm³/mol. The van der Waals surface area contributed by atoms with E-state index in [1.54, 1.807) is 60.4 Å². The number of ether oxygens (including phenoxy) is 1. The Morgan fingerprint density at radius 1 is 1.07 bits per heavy atom. The van der Waals surface area contributed by atoms with E-state index in [4.69, 9.17) is 27.9 Å². The molecule has 5 nitrogen and oxygen atoms in total. The number of halogens is 2. The van der Waals surface area contributed by atoms with Gasteiger partial charge in [0, 0.05) is 21.3 Å². The molecule has 4 rings (SSSR count). The number of hydrogen-bond acceptors (Lipinski definition) is 3. The summed E-state index contributed by atoms with van der Waals surface area (Å²) in [6, 6.07) is 19.3. The maximum Gasteiger partial charge on any atom is 0.268 e. The zero-order valence-corrected chi connectivity index (χ0v) is 17.6. The molecule has 30 heavy (non-hydrogen) atoms. The topological polar surface area (TPSA) is 58.6 Å². The van der Waals surface area contributed by atoms with Crippen LogP contribution in [0.4, 0.5) is 11.4 Å². The third kappa shape index (κ3) is 4.13. The first-order valence-corrected chi connectivity index (χ1v) is 10.1. The van der Waals surface area contributed by atoms with E-state index in [9.17, 15) is 9.59 Å². The molecule has 3 aromatic carbocycles. The number of carbonyl (C=O) groups excluding carboxylic acids is 2. The van der Waals surface area contributed by atoms with Crippen LogP contribution in [0.1, 0.15) is 22.8 Å². The van der Waals surface area contributed by atoms with Crippen molar-refractivity contribution in [3.05, 3.63) is 87.9 Å². The fourth-order valence-corrected chi connectivity index (χ4v) is 3.66. The van der Waals surface area contributed by atoms with Gasteiger partial charge in [0.15, 0.2) is 6.10 Å². The first-order chi connectivity index (χ1) is 14.4. The average molecular weight is 441 g/mol. The molecule has 2 amide bonds. The van der Waals surface area contributed by atoms with Crippen molar-refractivity contribution < 1.29 is 14.3 Å². The Labute approximate surface area is 184 Å². The van der Waals surface area contributed by atoms with E-state index in [1.165, 1.54) is 0 Å². The van der Waals surface area contributed by atoms with E-state index in [-0.39, 0.29) is 11.8 Å². The van der Waals surface area contributed by atoms with Crippen molar-refractivity contribution in [1.82, 2.24) is 0 Å². The summed E-state index contributed by atoms with van der Waals surface area (Å²) in [5.74, 6) is 0.0853. The molecule has 0 saturated carbocycles. The van der Waals surface area contributed by atoms with Crippen LogP contribution >= 0.6 is 23.2 Å². The normalized spacial score (nSPS) is 15.4. The second-order valence-electron chi connectivity index (χ2n) is 6.92. The number of amides is 2. The Bertz CT molecular complexity index is 1130. The summed E-state index contributed by atoms with van der Waals surface area (Å²) in [4.78, 5) is 27.0. The predicted octanol–water partition coefficient (Wildman–Crippen LogP) is 5.56. The van der Waals surface area contributed by atoms with Crippen LogP contribution in [0, 0.1) is 0 Å². The molecule has 0 saturated heterocycles. The van der Waals surface area contributed by atoms with Crippen molar-refractivity contribution in [2.45, 2.75) is 19.6 Å². The Morgan fingerprint density at radius 2 is 1.87 bits per heavy atom. The van der Waals surface area contributed by atoms with Gasteiger partial charge in [0.25, 0.3) is 11.8 Å². The molecule has 0 aromatic heterocycles. The first kappa shape index (κ1) is 20.3. The number of nitrogens with zero attached hydrogens (tertiary/aromatic N) is 1. The highest BCUT2D eigenvalue weighted by molar-refractivity contribution is 6.31. The molecule has 0 spiro atoms. The fraction of sp³-hybridized carbons (Fsp3) is 0.130. The number of carbonyl (C=O) groups is 2.